The normalized spacial score (nSPS) is 14.3. The number of benzene rings is 1. The Morgan fingerprint density at radius 1 is 1.40 bits per heavy atom. The minimum Gasteiger partial charge on any atom is -0.491 e. The summed E-state index contributed by atoms with van der Waals surface area (Å²) < 4.78 is 19.0. The lowest BCUT2D eigenvalue weighted by molar-refractivity contribution is 0.147. The molecule has 0 aliphatic heterocycles. The summed E-state index contributed by atoms with van der Waals surface area (Å²) in [5.74, 6) is -0.0339. The lowest BCUT2D eigenvalue weighted by atomic mass is 9.96. The smallest absolute Gasteiger partial charge is 0.165 e. The van der Waals surface area contributed by atoms with E-state index in [2.05, 4.69) is 5.32 Å². The van der Waals surface area contributed by atoms with Crippen molar-refractivity contribution in [1.82, 2.24) is 5.32 Å². The number of rotatable bonds is 8. The lowest BCUT2D eigenvalue weighted by Gasteiger charge is -2.31. The van der Waals surface area contributed by atoms with Crippen molar-refractivity contribution in [3.8, 4) is 5.75 Å². The molecule has 1 aromatic carbocycles. The van der Waals surface area contributed by atoms with Gasteiger partial charge in [0.2, 0.25) is 0 Å². The largest absolute Gasteiger partial charge is 0.491 e. The third kappa shape index (κ3) is 5.47. The summed E-state index contributed by atoms with van der Waals surface area (Å²) in [7, 11) is 0. The number of hydrogen-bond donors (Lipinski definition) is 2. The van der Waals surface area contributed by atoms with E-state index in [9.17, 15) is 9.50 Å². The Balaban J connectivity index is 2.42. The first-order chi connectivity index (χ1) is 9.36. The van der Waals surface area contributed by atoms with Gasteiger partial charge in [-0.2, -0.15) is 0 Å². The van der Waals surface area contributed by atoms with Crippen LogP contribution in [0.15, 0.2) is 18.2 Å². The minimum atomic E-state index is -0.333. The summed E-state index contributed by atoms with van der Waals surface area (Å²) in [5, 5.41) is 12.8. The van der Waals surface area contributed by atoms with Crippen molar-refractivity contribution >= 4 is 0 Å². The molecule has 0 saturated heterocycles. The molecule has 1 atom stereocenters. The van der Waals surface area contributed by atoms with E-state index in [0.717, 1.165) is 18.4 Å². The highest BCUT2D eigenvalue weighted by Crippen LogP contribution is 2.19. The van der Waals surface area contributed by atoms with Gasteiger partial charge in [0.05, 0.1) is 13.2 Å². The molecule has 0 aromatic heterocycles. The first-order valence-electron chi connectivity index (χ1n) is 7.14. The van der Waals surface area contributed by atoms with Gasteiger partial charge in [0.25, 0.3) is 0 Å². The van der Waals surface area contributed by atoms with Crippen LogP contribution in [0.4, 0.5) is 4.39 Å². The van der Waals surface area contributed by atoms with Crippen molar-refractivity contribution in [1.29, 1.82) is 0 Å². The van der Waals surface area contributed by atoms with Crippen molar-refractivity contribution in [2.75, 3.05) is 13.2 Å². The number of aliphatic hydroxyl groups is 1. The van der Waals surface area contributed by atoms with Crippen LogP contribution in [0.5, 0.6) is 5.75 Å². The molecule has 4 heteroatoms. The molecule has 0 aliphatic rings. The molecular weight excluding hydrogens is 257 g/mol. The minimum absolute atomic E-state index is 0.0734. The Labute approximate surface area is 121 Å². The van der Waals surface area contributed by atoms with Gasteiger partial charge in [0.15, 0.2) is 11.6 Å². The average molecular weight is 283 g/mol. The molecule has 0 fully saturated rings. The number of aryl methyl sites for hydroxylation is 1. The summed E-state index contributed by atoms with van der Waals surface area (Å²) in [6, 6.07) is 5.15. The van der Waals surface area contributed by atoms with Crippen molar-refractivity contribution in [2.24, 2.45) is 0 Å². The summed E-state index contributed by atoms with van der Waals surface area (Å²) in [5.41, 5.74) is 0.658. The third-order valence-electron chi connectivity index (χ3n) is 3.20. The van der Waals surface area contributed by atoms with Crippen LogP contribution in [0.1, 0.15) is 39.2 Å². The standard InChI is InChI=1S/C16H26FNO2/c1-12(2)18-16(4,11-19)8-5-9-20-15-10-13(3)6-7-14(15)17/h6-7,10,12,18-19H,5,8-9,11H2,1-4H3. The van der Waals surface area contributed by atoms with E-state index in [1.807, 2.05) is 27.7 Å². The molecule has 3 nitrogen and oxygen atoms in total. The van der Waals surface area contributed by atoms with E-state index in [4.69, 9.17) is 4.74 Å². The Hall–Kier alpha value is -1.13. The molecule has 1 aromatic rings. The van der Waals surface area contributed by atoms with Gasteiger partial charge in [-0.1, -0.05) is 19.9 Å². The zero-order chi connectivity index (χ0) is 15.2. The SMILES string of the molecule is Cc1ccc(F)c(OCCCC(C)(CO)NC(C)C)c1. The number of ether oxygens (including phenoxy) is 1. The van der Waals surface area contributed by atoms with Gasteiger partial charge in [0, 0.05) is 11.6 Å². The fraction of sp³-hybridized carbons (Fsp3) is 0.625. The Bertz CT molecular complexity index is 423. The molecule has 20 heavy (non-hydrogen) atoms. The monoisotopic (exact) mass is 283 g/mol. The molecule has 1 unspecified atom stereocenters. The quantitative estimate of drug-likeness (QED) is 0.721. The van der Waals surface area contributed by atoms with Crippen LogP contribution < -0.4 is 10.1 Å². The van der Waals surface area contributed by atoms with Crippen LogP contribution in [-0.2, 0) is 0 Å². The van der Waals surface area contributed by atoms with Gasteiger partial charge in [-0.05, 0) is 44.4 Å². The zero-order valence-electron chi connectivity index (χ0n) is 12.9. The topological polar surface area (TPSA) is 41.5 Å². The van der Waals surface area contributed by atoms with Crippen LogP contribution >= 0.6 is 0 Å². The molecule has 114 valence electrons. The third-order valence-corrected chi connectivity index (χ3v) is 3.20. The second kappa shape index (κ2) is 7.60. The molecule has 0 spiro atoms. The fourth-order valence-corrected chi connectivity index (χ4v) is 2.26. The van der Waals surface area contributed by atoms with Gasteiger partial charge in [-0.3, -0.25) is 0 Å². The number of aliphatic hydroxyl groups excluding tert-OH is 1. The van der Waals surface area contributed by atoms with Crippen molar-refractivity contribution in [3.05, 3.63) is 29.6 Å². The van der Waals surface area contributed by atoms with Crippen molar-refractivity contribution in [2.45, 2.75) is 52.1 Å². The zero-order valence-corrected chi connectivity index (χ0v) is 12.9. The molecule has 0 heterocycles. The van der Waals surface area contributed by atoms with Crippen LogP contribution in [-0.4, -0.2) is 29.9 Å². The molecule has 0 radical (unpaired) electrons. The Morgan fingerprint density at radius 2 is 2.10 bits per heavy atom. The van der Waals surface area contributed by atoms with Crippen molar-refractivity contribution < 1.29 is 14.2 Å². The second-order valence-electron chi connectivity index (χ2n) is 5.90. The van der Waals surface area contributed by atoms with Crippen LogP contribution in [0.3, 0.4) is 0 Å². The Kier molecular flexibility index (Phi) is 6.43. The van der Waals surface area contributed by atoms with E-state index < -0.39 is 0 Å². The van der Waals surface area contributed by atoms with Gasteiger partial charge >= 0.3 is 0 Å². The van der Waals surface area contributed by atoms with Gasteiger partial charge in [-0.15, -0.1) is 0 Å². The van der Waals surface area contributed by atoms with Crippen molar-refractivity contribution in [3.63, 3.8) is 0 Å². The van der Waals surface area contributed by atoms with E-state index in [1.165, 1.54) is 6.07 Å². The highest BCUT2D eigenvalue weighted by molar-refractivity contribution is 5.29. The summed E-state index contributed by atoms with van der Waals surface area (Å²) >= 11 is 0. The van der Waals surface area contributed by atoms with E-state index in [0.29, 0.717) is 18.4 Å². The predicted molar refractivity (Wildman–Crippen MR) is 79.6 cm³/mol. The van der Waals surface area contributed by atoms with Gasteiger partial charge in [-0.25, -0.2) is 4.39 Å². The summed E-state index contributed by atoms with van der Waals surface area (Å²) in [6.45, 7) is 8.50. The molecular formula is C16H26FNO2. The van der Waals surface area contributed by atoms with E-state index in [-0.39, 0.29) is 18.0 Å². The highest BCUT2D eigenvalue weighted by Gasteiger charge is 2.23. The predicted octanol–water partition coefficient (Wildman–Crippen LogP) is 3.04. The molecule has 0 bridgehead atoms. The van der Waals surface area contributed by atoms with Gasteiger partial charge in [0.1, 0.15) is 0 Å². The maximum absolute atomic E-state index is 13.5. The van der Waals surface area contributed by atoms with Crippen LogP contribution in [0.2, 0.25) is 0 Å². The summed E-state index contributed by atoms with van der Waals surface area (Å²) in [6.07, 6.45) is 1.53. The first-order valence-corrected chi connectivity index (χ1v) is 7.14. The van der Waals surface area contributed by atoms with E-state index in [1.54, 1.807) is 12.1 Å². The first kappa shape index (κ1) is 16.9. The number of nitrogens with one attached hydrogen (secondary N) is 1. The molecule has 0 aliphatic carbocycles. The number of halogens is 1. The van der Waals surface area contributed by atoms with Crippen LogP contribution in [0, 0.1) is 12.7 Å². The summed E-state index contributed by atoms with van der Waals surface area (Å²) in [4.78, 5) is 0. The molecule has 0 amide bonds. The number of hydrogen-bond acceptors (Lipinski definition) is 3. The van der Waals surface area contributed by atoms with Crippen LogP contribution in [0.25, 0.3) is 0 Å². The Morgan fingerprint density at radius 3 is 2.70 bits per heavy atom. The maximum Gasteiger partial charge on any atom is 0.165 e. The lowest BCUT2D eigenvalue weighted by Crippen LogP contribution is -2.49. The van der Waals surface area contributed by atoms with Gasteiger partial charge < -0.3 is 15.2 Å². The second-order valence-corrected chi connectivity index (χ2v) is 5.90. The molecule has 2 N–H and O–H groups in total. The van der Waals surface area contributed by atoms with E-state index >= 15 is 0 Å². The average Bonchev–Trinajstić information content (AvgIpc) is 2.38. The highest BCUT2D eigenvalue weighted by atomic mass is 19.1. The molecule has 1 rings (SSSR count). The maximum atomic E-state index is 13.5. The molecule has 0 saturated carbocycles. The fourth-order valence-electron chi connectivity index (χ4n) is 2.26.